The van der Waals surface area contributed by atoms with E-state index in [0.717, 1.165) is 39.0 Å². The van der Waals surface area contributed by atoms with Crippen molar-refractivity contribution in [3.63, 3.8) is 0 Å². The van der Waals surface area contributed by atoms with Gasteiger partial charge in [-0.05, 0) is 36.4 Å². The van der Waals surface area contributed by atoms with Gasteiger partial charge in [0.2, 0.25) is 0 Å². The van der Waals surface area contributed by atoms with Crippen molar-refractivity contribution in [2.24, 2.45) is 11.6 Å². The first-order valence-corrected chi connectivity index (χ1v) is 11.1. The summed E-state index contributed by atoms with van der Waals surface area (Å²) in [5, 5.41) is 3.60. The van der Waals surface area contributed by atoms with E-state index in [9.17, 15) is 0 Å². The first kappa shape index (κ1) is 21.6. The van der Waals surface area contributed by atoms with E-state index in [4.69, 9.17) is 16.0 Å². The summed E-state index contributed by atoms with van der Waals surface area (Å²) in [5.74, 6) is 6.44. The van der Waals surface area contributed by atoms with Gasteiger partial charge < -0.3 is 10.2 Å². The summed E-state index contributed by atoms with van der Waals surface area (Å²) in [6.07, 6.45) is 5.33. The fraction of sp³-hybridized carbons (Fsp3) is 0.111. The molecule has 0 aliphatic carbocycles. The standard InChI is InChI=1S/C27H26N6O/c28-20(16-32(18-21-8-3-5-14-30-21)19-22-9-4-6-15-31-22)17-33(29)25-12-7-11-24-23-10-1-2-13-26(23)34-27(24)25/h1-15,17H,16,18-19,28-29H2/b20-17-. The van der Waals surface area contributed by atoms with Crippen LogP contribution in [-0.4, -0.2) is 21.4 Å². The second-order valence-electron chi connectivity index (χ2n) is 8.15. The Hall–Kier alpha value is -4.20. The third kappa shape index (κ3) is 4.76. The maximum Gasteiger partial charge on any atom is 0.160 e. The number of rotatable bonds is 8. The van der Waals surface area contributed by atoms with Crippen LogP contribution in [0.2, 0.25) is 0 Å². The Morgan fingerprint density at radius 3 is 2.12 bits per heavy atom. The second-order valence-corrected chi connectivity index (χ2v) is 8.15. The van der Waals surface area contributed by atoms with Crippen LogP contribution in [-0.2, 0) is 13.1 Å². The van der Waals surface area contributed by atoms with Gasteiger partial charge in [-0.25, -0.2) is 5.84 Å². The fourth-order valence-corrected chi connectivity index (χ4v) is 4.09. The Labute approximate surface area is 197 Å². The van der Waals surface area contributed by atoms with E-state index in [1.165, 1.54) is 5.01 Å². The molecule has 0 amide bonds. The maximum atomic E-state index is 6.47. The Morgan fingerprint density at radius 1 is 0.794 bits per heavy atom. The molecule has 0 saturated heterocycles. The molecule has 4 N–H and O–H groups in total. The highest BCUT2D eigenvalue weighted by atomic mass is 16.3. The zero-order valence-corrected chi connectivity index (χ0v) is 18.7. The quantitative estimate of drug-likeness (QED) is 0.264. The van der Waals surface area contributed by atoms with Crippen molar-refractivity contribution in [1.29, 1.82) is 0 Å². The Kier molecular flexibility index (Phi) is 6.20. The molecule has 0 unspecified atom stereocenters. The van der Waals surface area contributed by atoms with Crippen molar-refractivity contribution in [2.75, 3.05) is 11.6 Å². The lowest BCUT2D eigenvalue weighted by Crippen LogP contribution is -2.31. The van der Waals surface area contributed by atoms with Crippen LogP contribution in [0.25, 0.3) is 21.9 Å². The number of furan rings is 1. The normalized spacial score (nSPS) is 12.0. The minimum Gasteiger partial charge on any atom is -0.454 e. The molecule has 3 heterocycles. The van der Waals surface area contributed by atoms with Crippen LogP contribution in [0.15, 0.2) is 108 Å². The SMILES string of the molecule is N/C(=C\N(N)c1cccc2c1oc1ccccc12)CN(Cc1ccccn1)Cc1ccccn1. The van der Waals surface area contributed by atoms with Gasteiger partial charge in [0.25, 0.3) is 0 Å². The molecule has 0 aliphatic heterocycles. The monoisotopic (exact) mass is 450 g/mol. The van der Waals surface area contributed by atoms with Gasteiger partial charge in [0.1, 0.15) is 11.3 Å². The average Bonchev–Trinajstić information content (AvgIpc) is 3.24. The van der Waals surface area contributed by atoms with Crippen LogP contribution >= 0.6 is 0 Å². The molecule has 7 nitrogen and oxygen atoms in total. The van der Waals surface area contributed by atoms with E-state index < -0.39 is 0 Å². The van der Waals surface area contributed by atoms with Crippen LogP contribution in [0.1, 0.15) is 11.4 Å². The lowest BCUT2D eigenvalue weighted by molar-refractivity contribution is 0.271. The van der Waals surface area contributed by atoms with Gasteiger partial charge in [0.05, 0.1) is 11.4 Å². The van der Waals surface area contributed by atoms with E-state index in [1.807, 2.05) is 78.9 Å². The molecule has 5 rings (SSSR count). The minimum absolute atomic E-state index is 0.497. The van der Waals surface area contributed by atoms with Gasteiger partial charge in [0, 0.05) is 54.7 Å². The summed E-state index contributed by atoms with van der Waals surface area (Å²) in [5.41, 5.74) is 11.3. The number of para-hydroxylation sites is 2. The number of hydrogen-bond acceptors (Lipinski definition) is 7. The highest BCUT2D eigenvalue weighted by molar-refractivity contribution is 6.08. The zero-order valence-electron chi connectivity index (χ0n) is 18.7. The second kappa shape index (κ2) is 9.74. The molecule has 34 heavy (non-hydrogen) atoms. The van der Waals surface area contributed by atoms with Gasteiger partial charge in [-0.1, -0.05) is 42.5 Å². The number of pyridine rings is 2. The van der Waals surface area contributed by atoms with E-state index in [2.05, 4.69) is 14.9 Å². The van der Waals surface area contributed by atoms with Crippen molar-refractivity contribution < 1.29 is 4.42 Å². The smallest absolute Gasteiger partial charge is 0.160 e. The van der Waals surface area contributed by atoms with Crippen LogP contribution in [0.5, 0.6) is 0 Å². The molecule has 0 saturated carbocycles. The topological polar surface area (TPSA) is 97.4 Å². The molecule has 0 fully saturated rings. The number of hydrazine groups is 1. The van der Waals surface area contributed by atoms with E-state index >= 15 is 0 Å². The van der Waals surface area contributed by atoms with Crippen molar-refractivity contribution in [3.05, 3.63) is 115 Å². The zero-order chi connectivity index (χ0) is 23.3. The highest BCUT2D eigenvalue weighted by Gasteiger charge is 2.14. The molecule has 2 aromatic carbocycles. The first-order chi connectivity index (χ1) is 16.7. The van der Waals surface area contributed by atoms with Gasteiger partial charge in [-0.15, -0.1) is 0 Å². The van der Waals surface area contributed by atoms with Crippen molar-refractivity contribution >= 4 is 27.6 Å². The van der Waals surface area contributed by atoms with E-state index in [-0.39, 0.29) is 0 Å². The van der Waals surface area contributed by atoms with Gasteiger partial charge >= 0.3 is 0 Å². The number of fused-ring (bicyclic) bond motifs is 3. The predicted molar refractivity (Wildman–Crippen MR) is 135 cm³/mol. The van der Waals surface area contributed by atoms with Crippen LogP contribution in [0, 0.1) is 0 Å². The molecule has 0 bridgehead atoms. The van der Waals surface area contributed by atoms with Crippen LogP contribution in [0.4, 0.5) is 5.69 Å². The summed E-state index contributed by atoms with van der Waals surface area (Å²) in [6.45, 7) is 1.77. The molecular formula is C27H26N6O. The molecule has 0 spiro atoms. The summed E-state index contributed by atoms with van der Waals surface area (Å²) in [6, 6.07) is 25.7. The van der Waals surface area contributed by atoms with Crippen molar-refractivity contribution in [2.45, 2.75) is 13.1 Å². The van der Waals surface area contributed by atoms with Crippen molar-refractivity contribution in [3.8, 4) is 0 Å². The number of nitrogens with two attached hydrogens (primary N) is 2. The lowest BCUT2D eigenvalue weighted by Gasteiger charge is -2.23. The third-order valence-corrected chi connectivity index (χ3v) is 5.60. The molecular weight excluding hydrogens is 424 g/mol. The summed E-state index contributed by atoms with van der Waals surface area (Å²) < 4.78 is 6.11. The number of benzene rings is 2. The number of nitrogens with zero attached hydrogens (tertiary/aromatic N) is 4. The third-order valence-electron chi connectivity index (χ3n) is 5.60. The van der Waals surface area contributed by atoms with Crippen LogP contribution in [0.3, 0.4) is 0 Å². The molecule has 0 radical (unpaired) electrons. The predicted octanol–water partition coefficient (Wildman–Crippen LogP) is 4.56. The van der Waals surface area contributed by atoms with Crippen molar-refractivity contribution in [1.82, 2.24) is 14.9 Å². The summed E-state index contributed by atoms with van der Waals surface area (Å²) in [7, 11) is 0. The lowest BCUT2D eigenvalue weighted by atomic mass is 10.1. The average molecular weight is 451 g/mol. The molecule has 170 valence electrons. The largest absolute Gasteiger partial charge is 0.454 e. The molecule has 3 aromatic heterocycles. The number of aromatic nitrogens is 2. The molecule has 5 aromatic rings. The van der Waals surface area contributed by atoms with Gasteiger partial charge in [-0.3, -0.25) is 19.9 Å². The summed E-state index contributed by atoms with van der Waals surface area (Å²) >= 11 is 0. The number of hydrogen-bond donors (Lipinski definition) is 2. The molecule has 7 heteroatoms. The molecule has 0 aliphatic rings. The Bertz CT molecular complexity index is 1370. The van der Waals surface area contributed by atoms with E-state index in [0.29, 0.717) is 25.3 Å². The highest BCUT2D eigenvalue weighted by Crippen LogP contribution is 2.34. The number of anilines is 1. The Morgan fingerprint density at radius 2 is 1.44 bits per heavy atom. The van der Waals surface area contributed by atoms with Gasteiger partial charge in [-0.2, -0.15) is 0 Å². The first-order valence-electron chi connectivity index (χ1n) is 11.1. The van der Waals surface area contributed by atoms with E-state index in [1.54, 1.807) is 18.6 Å². The van der Waals surface area contributed by atoms with Crippen LogP contribution < -0.4 is 16.6 Å². The Balaban J connectivity index is 1.39. The van der Waals surface area contributed by atoms with Gasteiger partial charge in [0.15, 0.2) is 5.58 Å². The minimum atomic E-state index is 0.497. The molecule has 0 atom stereocenters. The maximum absolute atomic E-state index is 6.47. The summed E-state index contributed by atoms with van der Waals surface area (Å²) in [4.78, 5) is 11.1. The fourth-order valence-electron chi connectivity index (χ4n) is 4.09.